The first-order chi connectivity index (χ1) is 10.3. The van der Waals surface area contributed by atoms with E-state index in [-0.39, 0.29) is 11.8 Å². The van der Waals surface area contributed by atoms with Crippen LogP contribution in [-0.4, -0.2) is 35.5 Å². The van der Waals surface area contributed by atoms with Gasteiger partial charge in [-0.2, -0.15) is 0 Å². The Kier molecular flexibility index (Phi) is 3.99. The maximum Gasteiger partial charge on any atom is 0.224 e. The summed E-state index contributed by atoms with van der Waals surface area (Å²) in [5.41, 5.74) is 0.947. The van der Waals surface area contributed by atoms with Gasteiger partial charge in [0.15, 0.2) is 0 Å². The van der Waals surface area contributed by atoms with Gasteiger partial charge in [-0.3, -0.25) is 4.79 Å². The van der Waals surface area contributed by atoms with Crippen LogP contribution in [0.15, 0.2) is 30.6 Å². The second-order valence-electron chi connectivity index (χ2n) is 5.39. The van der Waals surface area contributed by atoms with Crippen molar-refractivity contribution in [2.24, 2.45) is 5.92 Å². The molecule has 2 aromatic rings. The van der Waals surface area contributed by atoms with E-state index in [1.54, 1.807) is 6.33 Å². The third-order valence-electron chi connectivity index (χ3n) is 3.96. The molecule has 5 nitrogen and oxygen atoms in total. The molecule has 1 fully saturated rings. The Morgan fingerprint density at radius 1 is 1.38 bits per heavy atom. The van der Waals surface area contributed by atoms with Gasteiger partial charge in [0.1, 0.15) is 12.1 Å². The molecule has 1 atom stereocenters. The van der Waals surface area contributed by atoms with Crippen LogP contribution in [0.2, 0.25) is 0 Å². The van der Waals surface area contributed by atoms with Crippen LogP contribution in [0.5, 0.6) is 0 Å². The van der Waals surface area contributed by atoms with Gasteiger partial charge in [-0.25, -0.2) is 9.97 Å². The van der Waals surface area contributed by atoms with E-state index < -0.39 is 0 Å². The lowest BCUT2D eigenvalue weighted by Gasteiger charge is -2.33. The third kappa shape index (κ3) is 2.82. The molecule has 1 aliphatic rings. The van der Waals surface area contributed by atoms with E-state index in [1.165, 1.54) is 0 Å². The summed E-state index contributed by atoms with van der Waals surface area (Å²) in [6, 6.07) is 8.01. The van der Waals surface area contributed by atoms with Crippen molar-refractivity contribution in [3.63, 3.8) is 0 Å². The Labute approximate surface area is 124 Å². The zero-order chi connectivity index (χ0) is 14.7. The Balaban J connectivity index is 1.87. The van der Waals surface area contributed by atoms with Gasteiger partial charge in [0.25, 0.3) is 0 Å². The molecule has 0 spiro atoms. The summed E-state index contributed by atoms with van der Waals surface area (Å²) in [6.07, 6.45) is 3.57. The number of fused-ring (bicyclic) bond motifs is 1. The summed E-state index contributed by atoms with van der Waals surface area (Å²) in [4.78, 5) is 23.0. The Morgan fingerprint density at radius 3 is 3.10 bits per heavy atom. The van der Waals surface area contributed by atoms with Crippen molar-refractivity contribution in [3.8, 4) is 0 Å². The molecular weight excluding hydrogens is 264 g/mol. The lowest BCUT2D eigenvalue weighted by atomic mass is 9.97. The van der Waals surface area contributed by atoms with E-state index in [0.717, 1.165) is 42.7 Å². The fourth-order valence-corrected chi connectivity index (χ4v) is 2.94. The number of piperidine rings is 1. The molecule has 0 radical (unpaired) electrons. The lowest BCUT2D eigenvalue weighted by Crippen LogP contribution is -2.43. The minimum atomic E-state index is 0.0485. The Hall–Kier alpha value is -2.17. The zero-order valence-corrected chi connectivity index (χ0v) is 12.2. The normalized spacial score (nSPS) is 18.7. The topological polar surface area (TPSA) is 58.1 Å². The van der Waals surface area contributed by atoms with Gasteiger partial charge < -0.3 is 10.2 Å². The number of carbonyl (C=O) groups excluding carboxylic acids is 1. The number of nitrogens with zero attached hydrogens (tertiary/aromatic N) is 3. The van der Waals surface area contributed by atoms with E-state index in [1.807, 2.05) is 31.2 Å². The van der Waals surface area contributed by atoms with Gasteiger partial charge in [-0.15, -0.1) is 0 Å². The van der Waals surface area contributed by atoms with Gasteiger partial charge in [0.2, 0.25) is 5.91 Å². The first kappa shape index (κ1) is 13.8. The molecule has 21 heavy (non-hydrogen) atoms. The molecule has 2 heterocycles. The number of benzene rings is 1. The van der Waals surface area contributed by atoms with Gasteiger partial charge in [-0.05, 0) is 31.9 Å². The van der Waals surface area contributed by atoms with Crippen molar-refractivity contribution in [3.05, 3.63) is 30.6 Å². The molecule has 1 N–H and O–H groups in total. The Morgan fingerprint density at radius 2 is 2.24 bits per heavy atom. The molecule has 0 saturated carbocycles. The van der Waals surface area contributed by atoms with Crippen LogP contribution in [0.4, 0.5) is 5.82 Å². The van der Waals surface area contributed by atoms with Gasteiger partial charge in [-0.1, -0.05) is 12.1 Å². The monoisotopic (exact) mass is 284 g/mol. The molecule has 1 aromatic heterocycles. The number of hydrogen-bond acceptors (Lipinski definition) is 4. The molecule has 1 unspecified atom stereocenters. The largest absolute Gasteiger partial charge is 0.356 e. The number of nitrogens with one attached hydrogen (secondary N) is 1. The van der Waals surface area contributed by atoms with Crippen molar-refractivity contribution in [2.75, 3.05) is 24.5 Å². The molecule has 1 saturated heterocycles. The number of hydrogen-bond donors (Lipinski definition) is 1. The quantitative estimate of drug-likeness (QED) is 0.936. The summed E-state index contributed by atoms with van der Waals surface area (Å²) in [5.74, 6) is 1.14. The van der Waals surface area contributed by atoms with Crippen molar-refractivity contribution >= 4 is 22.6 Å². The predicted octanol–water partition coefficient (Wildman–Crippen LogP) is 1.98. The molecule has 3 rings (SSSR count). The number of rotatable bonds is 3. The van der Waals surface area contributed by atoms with Crippen LogP contribution in [0.25, 0.3) is 10.9 Å². The third-order valence-corrected chi connectivity index (χ3v) is 3.96. The summed E-state index contributed by atoms with van der Waals surface area (Å²) < 4.78 is 0. The van der Waals surface area contributed by atoms with Crippen molar-refractivity contribution < 1.29 is 4.79 Å². The van der Waals surface area contributed by atoms with Crippen molar-refractivity contribution in [2.45, 2.75) is 19.8 Å². The second-order valence-corrected chi connectivity index (χ2v) is 5.39. The van der Waals surface area contributed by atoms with Crippen LogP contribution >= 0.6 is 0 Å². The minimum absolute atomic E-state index is 0.0485. The van der Waals surface area contributed by atoms with Gasteiger partial charge in [0.05, 0.1) is 11.4 Å². The van der Waals surface area contributed by atoms with Gasteiger partial charge in [0, 0.05) is 25.0 Å². The predicted molar refractivity (Wildman–Crippen MR) is 83.2 cm³/mol. The van der Waals surface area contributed by atoms with E-state index in [4.69, 9.17) is 0 Å². The van der Waals surface area contributed by atoms with Crippen LogP contribution in [-0.2, 0) is 4.79 Å². The van der Waals surface area contributed by atoms with Crippen LogP contribution in [0, 0.1) is 5.92 Å². The average Bonchev–Trinajstić information content (AvgIpc) is 2.55. The molecule has 1 amide bonds. The van der Waals surface area contributed by atoms with Crippen molar-refractivity contribution in [1.29, 1.82) is 0 Å². The molecular formula is C16H20N4O. The fourth-order valence-electron chi connectivity index (χ4n) is 2.94. The molecule has 0 bridgehead atoms. The molecule has 0 aliphatic carbocycles. The number of aromatic nitrogens is 2. The van der Waals surface area contributed by atoms with E-state index in [0.29, 0.717) is 6.54 Å². The zero-order valence-electron chi connectivity index (χ0n) is 12.2. The summed E-state index contributed by atoms with van der Waals surface area (Å²) >= 11 is 0. The number of carbonyl (C=O) groups is 1. The molecule has 110 valence electrons. The highest BCUT2D eigenvalue weighted by atomic mass is 16.1. The number of para-hydroxylation sites is 1. The summed E-state index contributed by atoms with van der Waals surface area (Å²) in [5, 5.41) is 3.98. The second kappa shape index (κ2) is 6.08. The van der Waals surface area contributed by atoms with E-state index in [9.17, 15) is 4.79 Å². The Bertz CT molecular complexity index is 638. The summed E-state index contributed by atoms with van der Waals surface area (Å²) in [7, 11) is 0. The molecule has 5 heteroatoms. The van der Waals surface area contributed by atoms with Gasteiger partial charge >= 0.3 is 0 Å². The van der Waals surface area contributed by atoms with E-state index in [2.05, 4.69) is 20.2 Å². The van der Waals surface area contributed by atoms with E-state index >= 15 is 0 Å². The van der Waals surface area contributed by atoms with Crippen LogP contribution in [0.3, 0.4) is 0 Å². The number of amides is 1. The maximum atomic E-state index is 12.1. The SMILES string of the molecule is CCNC(=O)C1CCCN(c2ncnc3ccccc23)C1. The first-order valence-corrected chi connectivity index (χ1v) is 7.52. The standard InChI is InChI=1S/C16H20N4O/c1-2-17-16(21)12-6-5-9-20(10-12)15-13-7-3-4-8-14(13)18-11-19-15/h3-4,7-8,11-12H,2,5-6,9-10H2,1H3,(H,17,21). The molecule has 1 aromatic carbocycles. The van der Waals surface area contributed by atoms with Crippen molar-refractivity contribution in [1.82, 2.24) is 15.3 Å². The lowest BCUT2D eigenvalue weighted by molar-refractivity contribution is -0.125. The number of anilines is 1. The highest BCUT2D eigenvalue weighted by Gasteiger charge is 2.26. The average molecular weight is 284 g/mol. The molecule has 1 aliphatic heterocycles. The van der Waals surface area contributed by atoms with Crippen LogP contribution < -0.4 is 10.2 Å². The highest BCUT2D eigenvalue weighted by molar-refractivity contribution is 5.89. The first-order valence-electron chi connectivity index (χ1n) is 7.52. The maximum absolute atomic E-state index is 12.1. The smallest absolute Gasteiger partial charge is 0.224 e. The fraction of sp³-hybridized carbons (Fsp3) is 0.438. The van der Waals surface area contributed by atoms with Crippen LogP contribution in [0.1, 0.15) is 19.8 Å². The minimum Gasteiger partial charge on any atom is -0.356 e. The highest BCUT2D eigenvalue weighted by Crippen LogP contribution is 2.27. The summed E-state index contributed by atoms with van der Waals surface area (Å²) in [6.45, 7) is 4.31.